The Bertz CT molecular complexity index is 1230. The van der Waals surface area contributed by atoms with E-state index in [0.29, 0.717) is 22.5 Å². The highest BCUT2D eigenvalue weighted by Crippen LogP contribution is 2.26. The van der Waals surface area contributed by atoms with Crippen molar-refractivity contribution in [2.75, 3.05) is 11.5 Å². The summed E-state index contributed by atoms with van der Waals surface area (Å²) in [7, 11) is -2.99. The molecule has 0 radical (unpaired) electrons. The molecular weight excluding hydrogens is 386 g/mol. The number of rotatable bonds is 3. The van der Waals surface area contributed by atoms with Gasteiger partial charge in [-0.1, -0.05) is 0 Å². The molecule has 0 spiro atoms. The van der Waals surface area contributed by atoms with Crippen molar-refractivity contribution in [2.45, 2.75) is 33.2 Å². The van der Waals surface area contributed by atoms with Gasteiger partial charge in [-0.2, -0.15) is 14.9 Å². The van der Waals surface area contributed by atoms with E-state index in [0.717, 1.165) is 17.0 Å². The van der Waals surface area contributed by atoms with E-state index in [1.165, 1.54) is 16.0 Å². The van der Waals surface area contributed by atoms with Gasteiger partial charge in [0.05, 0.1) is 34.8 Å². The molecule has 27 heavy (non-hydrogen) atoms. The average molecular weight is 406 g/mol. The molecule has 0 bridgehead atoms. The van der Waals surface area contributed by atoms with Crippen molar-refractivity contribution in [3.05, 3.63) is 44.6 Å². The van der Waals surface area contributed by atoms with Gasteiger partial charge in [-0.15, -0.1) is 11.3 Å². The Labute approximate surface area is 160 Å². The number of sulfone groups is 1. The molecule has 142 valence electrons. The standard InChI is InChI=1S/C17H19N5O3S2/c1-10-15(11(2)21(20-10)13-5-7-27(24,25)9-13)8-18-22-12(3)19-16-14(17(22)23)4-6-26-16/h4,6,8,13H,5,7,9H2,1-3H3/t13-/m0/s1. The summed E-state index contributed by atoms with van der Waals surface area (Å²) in [6, 6.07) is 1.60. The minimum Gasteiger partial charge on any atom is -0.267 e. The summed E-state index contributed by atoms with van der Waals surface area (Å²) < 4.78 is 26.6. The number of hydrogen-bond donors (Lipinski definition) is 0. The Morgan fingerprint density at radius 3 is 2.81 bits per heavy atom. The first-order chi connectivity index (χ1) is 12.8. The maximum Gasteiger partial charge on any atom is 0.282 e. The van der Waals surface area contributed by atoms with E-state index in [1.807, 2.05) is 19.2 Å². The predicted octanol–water partition coefficient (Wildman–Crippen LogP) is 1.82. The van der Waals surface area contributed by atoms with Gasteiger partial charge in [-0.3, -0.25) is 9.48 Å². The van der Waals surface area contributed by atoms with Crippen LogP contribution in [0.2, 0.25) is 0 Å². The fourth-order valence-corrected chi connectivity index (χ4v) is 5.94. The Morgan fingerprint density at radius 1 is 1.33 bits per heavy atom. The zero-order valence-electron chi connectivity index (χ0n) is 15.2. The van der Waals surface area contributed by atoms with Crippen LogP contribution in [0.5, 0.6) is 0 Å². The van der Waals surface area contributed by atoms with Crippen molar-refractivity contribution in [3.8, 4) is 0 Å². The molecule has 1 aliphatic heterocycles. The van der Waals surface area contributed by atoms with E-state index in [2.05, 4.69) is 15.2 Å². The lowest BCUT2D eigenvalue weighted by Gasteiger charge is -2.10. The minimum absolute atomic E-state index is 0.114. The Hall–Kier alpha value is -2.33. The normalized spacial score (nSPS) is 19.4. The minimum atomic E-state index is -2.99. The quantitative estimate of drug-likeness (QED) is 0.619. The maximum absolute atomic E-state index is 12.6. The highest BCUT2D eigenvalue weighted by molar-refractivity contribution is 7.91. The monoisotopic (exact) mass is 405 g/mol. The average Bonchev–Trinajstić information content (AvgIpc) is 3.27. The van der Waals surface area contributed by atoms with Gasteiger partial charge < -0.3 is 0 Å². The van der Waals surface area contributed by atoms with Crippen LogP contribution < -0.4 is 5.56 Å². The summed E-state index contributed by atoms with van der Waals surface area (Å²) in [5.41, 5.74) is 2.17. The molecule has 0 aliphatic carbocycles. The van der Waals surface area contributed by atoms with Crippen LogP contribution in [0, 0.1) is 20.8 Å². The Morgan fingerprint density at radius 2 is 2.11 bits per heavy atom. The first-order valence-electron chi connectivity index (χ1n) is 8.54. The first-order valence-corrected chi connectivity index (χ1v) is 11.2. The highest BCUT2D eigenvalue weighted by atomic mass is 32.2. The highest BCUT2D eigenvalue weighted by Gasteiger charge is 2.31. The molecule has 1 aliphatic rings. The SMILES string of the molecule is Cc1nn([C@H]2CCS(=O)(=O)C2)c(C)c1C=Nn1c(C)nc2sccc2c1=O. The smallest absolute Gasteiger partial charge is 0.267 e. The zero-order valence-corrected chi connectivity index (χ0v) is 16.8. The molecule has 10 heteroatoms. The van der Waals surface area contributed by atoms with Crippen molar-refractivity contribution in [3.63, 3.8) is 0 Å². The molecule has 0 N–H and O–H groups in total. The van der Waals surface area contributed by atoms with Crippen LogP contribution >= 0.6 is 11.3 Å². The Balaban J connectivity index is 1.73. The van der Waals surface area contributed by atoms with Crippen LogP contribution in [0.1, 0.15) is 35.2 Å². The number of hydrogen-bond acceptors (Lipinski definition) is 7. The molecule has 4 rings (SSSR count). The molecule has 0 amide bonds. The van der Waals surface area contributed by atoms with Crippen molar-refractivity contribution < 1.29 is 8.42 Å². The van der Waals surface area contributed by atoms with Gasteiger partial charge in [-0.25, -0.2) is 13.4 Å². The predicted molar refractivity (Wildman–Crippen MR) is 106 cm³/mol. The Kier molecular flexibility index (Phi) is 4.26. The van der Waals surface area contributed by atoms with Crippen molar-refractivity contribution >= 4 is 37.6 Å². The molecule has 0 unspecified atom stereocenters. The van der Waals surface area contributed by atoms with E-state index in [1.54, 1.807) is 23.9 Å². The second kappa shape index (κ2) is 6.38. The van der Waals surface area contributed by atoms with Gasteiger partial charge in [0, 0.05) is 11.3 Å². The largest absolute Gasteiger partial charge is 0.282 e. The van der Waals surface area contributed by atoms with Crippen molar-refractivity contribution in [2.24, 2.45) is 5.10 Å². The van der Waals surface area contributed by atoms with E-state index in [9.17, 15) is 13.2 Å². The maximum atomic E-state index is 12.6. The fourth-order valence-electron chi connectivity index (χ4n) is 3.44. The summed E-state index contributed by atoms with van der Waals surface area (Å²) in [5, 5.41) is 11.2. The lowest BCUT2D eigenvalue weighted by Crippen LogP contribution is -2.20. The van der Waals surface area contributed by atoms with Crippen LogP contribution in [0.25, 0.3) is 10.2 Å². The molecule has 1 atom stereocenters. The number of thiophene rings is 1. The zero-order chi connectivity index (χ0) is 19.3. The van der Waals surface area contributed by atoms with Gasteiger partial charge in [0.25, 0.3) is 5.56 Å². The van der Waals surface area contributed by atoms with Gasteiger partial charge in [0.15, 0.2) is 9.84 Å². The molecule has 8 nitrogen and oxygen atoms in total. The van der Waals surface area contributed by atoms with E-state index in [4.69, 9.17) is 0 Å². The topological polar surface area (TPSA) is 99.2 Å². The fraction of sp³-hybridized carbons (Fsp3) is 0.412. The molecule has 0 saturated carbocycles. The summed E-state index contributed by atoms with van der Waals surface area (Å²) in [4.78, 5) is 17.7. The van der Waals surface area contributed by atoms with Gasteiger partial charge in [-0.05, 0) is 38.6 Å². The van der Waals surface area contributed by atoms with Crippen LogP contribution in [0.15, 0.2) is 21.3 Å². The lowest BCUT2D eigenvalue weighted by atomic mass is 10.2. The number of aromatic nitrogens is 4. The molecule has 3 aromatic heterocycles. The van der Waals surface area contributed by atoms with Crippen LogP contribution in [-0.4, -0.2) is 45.6 Å². The van der Waals surface area contributed by atoms with Crippen molar-refractivity contribution in [1.29, 1.82) is 0 Å². The third-order valence-electron chi connectivity index (χ3n) is 4.87. The molecule has 4 heterocycles. The number of nitrogens with zero attached hydrogens (tertiary/aromatic N) is 5. The van der Waals surface area contributed by atoms with Gasteiger partial charge in [0.2, 0.25) is 0 Å². The van der Waals surface area contributed by atoms with Gasteiger partial charge >= 0.3 is 0 Å². The molecule has 1 fully saturated rings. The molecular formula is C17H19N5O3S2. The number of aryl methyl sites for hydroxylation is 2. The number of fused-ring (bicyclic) bond motifs is 1. The summed E-state index contributed by atoms with van der Waals surface area (Å²) >= 11 is 1.42. The lowest BCUT2D eigenvalue weighted by molar-refractivity contribution is 0.486. The van der Waals surface area contributed by atoms with E-state index >= 15 is 0 Å². The third kappa shape index (κ3) is 3.12. The molecule has 3 aromatic rings. The van der Waals surface area contributed by atoms with Crippen LogP contribution in [0.4, 0.5) is 0 Å². The van der Waals surface area contributed by atoms with Gasteiger partial charge in [0.1, 0.15) is 10.7 Å². The van der Waals surface area contributed by atoms with E-state index < -0.39 is 9.84 Å². The summed E-state index contributed by atoms with van der Waals surface area (Å²) in [6.45, 7) is 5.48. The molecule has 0 aromatic carbocycles. The van der Waals surface area contributed by atoms with Crippen LogP contribution in [0.3, 0.4) is 0 Å². The third-order valence-corrected chi connectivity index (χ3v) is 7.43. The summed E-state index contributed by atoms with van der Waals surface area (Å²) in [5.74, 6) is 0.819. The van der Waals surface area contributed by atoms with Crippen molar-refractivity contribution in [1.82, 2.24) is 19.4 Å². The summed E-state index contributed by atoms with van der Waals surface area (Å²) in [6.07, 6.45) is 2.17. The second-order valence-electron chi connectivity index (χ2n) is 6.75. The van der Waals surface area contributed by atoms with Crippen LogP contribution in [-0.2, 0) is 9.84 Å². The second-order valence-corrected chi connectivity index (χ2v) is 9.87. The first kappa shape index (κ1) is 18.1. The molecule has 1 saturated heterocycles. The van der Waals surface area contributed by atoms with E-state index in [-0.39, 0.29) is 23.1 Å².